The van der Waals surface area contributed by atoms with Crippen LogP contribution in [0.15, 0.2) is 23.1 Å². The summed E-state index contributed by atoms with van der Waals surface area (Å²) in [5.74, 6) is -2.38. The van der Waals surface area contributed by atoms with Gasteiger partial charge in [0.25, 0.3) is 6.43 Å². The highest BCUT2D eigenvalue weighted by Crippen LogP contribution is 2.42. The Hall–Kier alpha value is -1.91. The summed E-state index contributed by atoms with van der Waals surface area (Å²) in [6.07, 6.45) is -9.29. The van der Waals surface area contributed by atoms with Crippen molar-refractivity contribution in [3.05, 3.63) is 56.3 Å². The molecule has 0 atom stereocenters. The maximum absolute atomic E-state index is 13.7. The number of carboxylic acids is 1. The molecule has 12 heteroatoms. The van der Waals surface area contributed by atoms with Crippen LogP contribution in [0.1, 0.15) is 57.9 Å². The molecule has 0 saturated heterocycles. The lowest BCUT2D eigenvalue weighted by molar-refractivity contribution is -0.141. The van der Waals surface area contributed by atoms with Crippen LogP contribution in [0.3, 0.4) is 0 Å². The number of rotatable bonds is 6. The van der Waals surface area contributed by atoms with E-state index in [9.17, 15) is 36.6 Å². The third-order valence-corrected chi connectivity index (χ3v) is 5.84. The average molecular weight is 502 g/mol. The molecule has 0 aliphatic carbocycles. The lowest BCUT2D eigenvalue weighted by Crippen LogP contribution is -2.23. The summed E-state index contributed by atoms with van der Waals surface area (Å²) >= 11 is 12.2. The molecular formula is C19H14Cl2F5NO3S. The zero-order chi connectivity index (χ0) is 23.7. The second kappa shape index (κ2) is 9.70. The van der Waals surface area contributed by atoms with Gasteiger partial charge in [0.05, 0.1) is 26.1 Å². The zero-order valence-electron chi connectivity index (χ0n) is 15.9. The molecule has 0 bridgehead atoms. The molecule has 0 saturated carbocycles. The molecule has 0 amide bonds. The third-order valence-electron chi connectivity index (χ3n) is 3.95. The number of hydrogen-bond acceptors (Lipinski definition) is 4. The van der Waals surface area contributed by atoms with E-state index >= 15 is 0 Å². The van der Waals surface area contributed by atoms with E-state index in [1.807, 2.05) is 0 Å². The Morgan fingerprint density at radius 2 is 1.68 bits per heavy atom. The molecule has 0 unspecified atom stereocenters. The summed E-state index contributed by atoms with van der Waals surface area (Å²) in [6, 6.07) is 4.15. The first-order chi connectivity index (χ1) is 14.3. The largest absolute Gasteiger partial charge is 0.478 e. The molecule has 0 aliphatic heterocycles. The number of halogens is 7. The molecule has 4 nitrogen and oxygen atoms in total. The van der Waals surface area contributed by atoms with Gasteiger partial charge in [-0.25, -0.2) is 18.6 Å². The molecule has 168 valence electrons. The lowest BCUT2D eigenvalue weighted by Gasteiger charge is -2.21. The first-order valence-electron chi connectivity index (χ1n) is 8.57. The Bertz CT molecular complexity index is 1010. The number of aromatic nitrogens is 1. The topological polar surface area (TPSA) is 67.3 Å². The van der Waals surface area contributed by atoms with Gasteiger partial charge >= 0.3 is 12.1 Å². The minimum atomic E-state index is -5.30. The van der Waals surface area contributed by atoms with E-state index in [0.29, 0.717) is 0 Å². The number of carbonyl (C=O) groups is 2. The van der Waals surface area contributed by atoms with Gasteiger partial charge < -0.3 is 5.11 Å². The maximum Gasteiger partial charge on any atom is 0.434 e. The molecule has 0 spiro atoms. The average Bonchev–Trinajstić information content (AvgIpc) is 2.62. The van der Waals surface area contributed by atoms with Crippen molar-refractivity contribution in [3.8, 4) is 0 Å². The molecule has 2 rings (SSSR count). The van der Waals surface area contributed by atoms with Crippen molar-refractivity contribution >= 4 is 46.0 Å². The fourth-order valence-electron chi connectivity index (χ4n) is 2.81. The van der Waals surface area contributed by atoms with Crippen molar-refractivity contribution in [3.63, 3.8) is 0 Å². The minimum Gasteiger partial charge on any atom is -0.478 e. The highest BCUT2D eigenvalue weighted by molar-refractivity contribution is 8.14. The number of nitrogens with zero attached hydrogens (tertiary/aromatic N) is 1. The van der Waals surface area contributed by atoms with Gasteiger partial charge in [-0.15, -0.1) is 0 Å². The van der Waals surface area contributed by atoms with E-state index in [4.69, 9.17) is 23.2 Å². The number of aromatic carboxylic acids is 1. The van der Waals surface area contributed by atoms with Crippen molar-refractivity contribution in [2.24, 2.45) is 5.92 Å². The second-order valence-electron chi connectivity index (χ2n) is 6.72. The summed E-state index contributed by atoms with van der Waals surface area (Å²) in [5, 5.41) is 8.15. The van der Waals surface area contributed by atoms with Gasteiger partial charge in [-0.3, -0.25) is 4.79 Å². The monoisotopic (exact) mass is 501 g/mol. The maximum atomic E-state index is 13.7. The van der Waals surface area contributed by atoms with Crippen molar-refractivity contribution in [2.45, 2.75) is 37.8 Å². The number of benzene rings is 1. The van der Waals surface area contributed by atoms with Crippen LogP contribution in [0, 0.1) is 5.92 Å². The molecule has 0 aliphatic rings. The van der Waals surface area contributed by atoms with E-state index in [-0.39, 0.29) is 33.1 Å². The Morgan fingerprint density at radius 3 is 2.10 bits per heavy atom. The number of pyridine rings is 1. The van der Waals surface area contributed by atoms with Crippen LogP contribution in [0.5, 0.6) is 0 Å². The van der Waals surface area contributed by atoms with Crippen LogP contribution >= 0.6 is 35.0 Å². The smallest absolute Gasteiger partial charge is 0.434 e. The summed E-state index contributed by atoms with van der Waals surface area (Å²) < 4.78 is 68.1. The Morgan fingerprint density at radius 1 is 1.13 bits per heavy atom. The van der Waals surface area contributed by atoms with E-state index in [1.165, 1.54) is 32.0 Å². The van der Waals surface area contributed by atoms with Crippen molar-refractivity contribution in [2.75, 3.05) is 0 Å². The number of carbonyl (C=O) groups excluding carboxylic acids is 1. The van der Waals surface area contributed by atoms with Crippen LogP contribution in [-0.2, 0) is 12.6 Å². The standard InChI is InChI=1S/C19H14Cl2F5NO3S/c1-7(2)6-8-11(17(28)29)13(16(22)23)27-15(19(24,25)26)12(8)18(30)31-14-9(20)4-3-5-10(14)21/h3-5,7,16H,6H2,1-2H3,(H,28,29). The SMILES string of the molecule is CC(C)Cc1c(C(=O)O)c(C(F)F)nc(C(F)(F)F)c1C(=O)Sc1c(Cl)cccc1Cl. The van der Waals surface area contributed by atoms with Crippen molar-refractivity contribution in [1.29, 1.82) is 0 Å². The van der Waals surface area contributed by atoms with Gasteiger partial charge in [0.2, 0.25) is 5.12 Å². The fourth-order valence-corrected chi connectivity index (χ4v) is 4.28. The van der Waals surface area contributed by atoms with Gasteiger partial charge in [0.15, 0.2) is 5.69 Å². The Balaban J connectivity index is 2.88. The fraction of sp³-hybridized carbons (Fsp3) is 0.316. The van der Waals surface area contributed by atoms with Crippen LogP contribution in [0.2, 0.25) is 10.0 Å². The summed E-state index contributed by atoms with van der Waals surface area (Å²) in [4.78, 5) is 27.5. The molecular weight excluding hydrogens is 488 g/mol. The second-order valence-corrected chi connectivity index (χ2v) is 8.51. The predicted molar refractivity (Wildman–Crippen MR) is 106 cm³/mol. The number of hydrogen-bond donors (Lipinski definition) is 1. The highest BCUT2D eigenvalue weighted by atomic mass is 35.5. The van der Waals surface area contributed by atoms with Crippen LogP contribution in [0.4, 0.5) is 22.0 Å². The number of alkyl halides is 5. The molecule has 0 radical (unpaired) electrons. The van der Waals surface area contributed by atoms with Crippen molar-refractivity contribution in [1.82, 2.24) is 4.98 Å². The van der Waals surface area contributed by atoms with Gasteiger partial charge in [-0.1, -0.05) is 43.1 Å². The van der Waals surface area contributed by atoms with Crippen LogP contribution < -0.4 is 0 Å². The Kier molecular flexibility index (Phi) is 7.94. The van der Waals surface area contributed by atoms with Gasteiger partial charge in [0, 0.05) is 0 Å². The quantitative estimate of drug-likeness (QED) is 0.335. The molecule has 1 aromatic heterocycles. The van der Waals surface area contributed by atoms with Crippen LogP contribution in [-0.4, -0.2) is 21.2 Å². The number of thioether (sulfide) groups is 1. The lowest BCUT2D eigenvalue weighted by atomic mass is 9.91. The zero-order valence-corrected chi connectivity index (χ0v) is 18.2. The normalized spacial score (nSPS) is 12.0. The predicted octanol–water partition coefficient (Wildman–Crippen LogP) is 7.17. The van der Waals surface area contributed by atoms with E-state index < -0.39 is 57.7 Å². The van der Waals surface area contributed by atoms with Gasteiger partial charge in [0.1, 0.15) is 5.69 Å². The molecule has 31 heavy (non-hydrogen) atoms. The van der Waals surface area contributed by atoms with Crippen molar-refractivity contribution < 1.29 is 36.6 Å². The number of carboxylic acid groups (broad SMARTS) is 1. The highest BCUT2D eigenvalue weighted by Gasteiger charge is 2.42. The van der Waals surface area contributed by atoms with E-state index in [1.54, 1.807) is 0 Å². The van der Waals surface area contributed by atoms with Gasteiger partial charge in [-0.2, -0.15) is 13.2 Å². The molecule has 1 aromatic carbocycles. The van der Waals surface area contributed by atoms with E-state index in [0.717, 1.165) is 0 Å². The summed E-state index contributed by atoms with van der Waals surface area (Å²) in [7, 11) is 0. The van der Waals surface area contributed by atoms with E-state index in [2.05, 4.69) is 4.98 Å². The first kappa shape index (κ1) is 25.4. The van der Waals surface area contributed by atoms with Gasteiger partial charge in [-0.05, 0) is 41.8 Å². The third kappa shape index (κ3) is 5.67. The minimum absolute atomic E-state index is 0.0274. The molecule has 1 heterocycles. The molecule has 0 fully saturated rings. The Labute approximate surface area is 187 Å². The first-order valence-corrected chi connectivity index (χ1v) is 10.1. The summed E-state index contributed by atoms with van der Waals surface area (Å²) in [6.45, 7) is 3.07. The molecule has 2 aromatic rings. The summed E-state index contributed by atoms with van der Waals surface area (Å²) in [5.41, 5.74) is -6.33. The molecule has 1 N–H and O–H groups in total. The van der Waals surface area contributed by atoms with Crippen LogP contribution in [0.25, 0.3) is 0 Å².